The van der Waals surface area contributed by atoms with Crippen molar-refractivity contribution in [2.45, 2.75) is 51.4 Å². The average Bonchev–Trinajstić information content (AvgIpc) is 2.97. The molecule has 0 spiro atoms. The van der Waals surface area contributed by atoms with E-state index in [1.807, 2.05) is 6.92 Å². The number of hydrogen-bond donors (Lipinski definition) is 1. The van der Waals surface area contributed by atoms with E-state index in [0.717, 1.165) is 38.0 Å². The molecule has 6 heteroatoms. The standard InChI is InChI=1S/C15H25N3O3/c1-3-13(19)5-4-7-18-15(20)9-12(10-16-18)17-8-6-14(11-17)21-2/h9-10,13-14,19H,3-8,11H2,1-2H3. The molecular weight excluding hydrogens is 270 g/mol. The van der Waals surface area contributed by atoms with Gasteiger partial charge in [-0.3, -0.25) is 4.79 Å². The van der Waals surface area contributed by atoms with Crippen LogP contribution in [0.15, 0.2) is 17.1 Å². The summed E-state index contributed by atoms with van der Waals surface area (Å²) in [5.41, 5.74) is 0.781. The van der Waals surface area contributed by atoms with E-state index in [1.165, 1.54) is 4.68 Å². The third-order valence-electron chi connectivity index (χ3n) is 4.08. The minimum absolute atomic E-state index is 0.0839. The lowest BCUT2D eigenvalue weighted by Gasteiger charge is -2.18. The molecule has 0 saturated carbocycles. The number of aromatic nitrogens is 2. The number of aliphatic hydroxyl groups excluding tert-OH is 1. The van der Waals surface area contributed by atoms with Gasteiger partial charge in [0.2, 0.25) is 0 Å². The second kappa shape index (κ2) is 7.56. The zero-order valence-electron chi connectivity index (χ0n) is 12.9. The number of anilines is 1. The summed E-state index contributed by atoms with van der Waals surface area (Å²) in [5.74, 6) is 0. The molecule has 6 nitrogen and oxygen atoms in total. The van der Waals surface area contributed by atoms with E-state index < -0.39 is 0 Å². The van der Waals surface area contributed by atoms with E-state index in [1.54, 1.807) is 19.4 Å². The van der Waals surface area contributed by atoms with Crippen LogP contribution in [0, 0.1) is 0 Å². The molecule has 2 rings (SSSR count). The van der Waals surface area contributed by atoms with Gasteiger partial charge in [0, 0.05) is 32.8 Å². The van der Waals surface area contributed by atoms with Gasteiger partial charge in [-0.1, -0.05) is 6.92 Å². The number of hydrogen-bond acceptors (Lipinski definition) is 5. The molecule has 118 valence electrons. The van der Waals surface area contributed by atoms with Crippen LogP contribution in [0.4, 0.5) is 5.69 Å². The maximum absolute atomic E-state index is 12.1. The van der Waals surface area contributed by atoms with Gasteiger partial charge < -0.3 is 14.7 Å². The Bertz CT molecular complexity index is 503. The van der Waals surface area contributed by atoms with E-state index in [4.69, 9.17) is 4.74 Å². The van der Waals surface area contributed by atoms with Crippen molar-refractivity contribution in [1.29, 1.82) is 0 Å². The van der Waals surface area contributed by atoms with Crippen LogP contribution in [0.3, 0.4) is 0 Å². The summed E-state index contributed by atoms with van der Waals surface area (Å²) < 4.78 is 6.80. The fraction of sp³-hybridized carbons (Fsp3) is 0.733. The van der Waals surface area contributed by atoms with Gasteiger partial charge in [0.15, 0.2) is 0 Å². The van der Waals surface area contributed by atoms with Gasteiger partial charge >= 0.3 is 0 Å². The molecule has 0 bridgehead atoms. The van der Waals surface area contributed by atoms with Crippen molar-refractivity contribution in [2.24, 2.45) is 0 Å². The predicted octanol–water partition coefficient (Wildman–Crippen LogP) is 1.02. The number of methoxy groups -OCH3 is 1. The normalized spacial score (nSPS) is 20.0. The SMILES string of the molecule is CCC(O)CCCn1ncc(N2CCC(OC)C2)cc1=O. The molecule has 1 N–H and O–H groups in total. The Balaban J connectivity index is 1.93. The van der Waals surface area contributed by atoms with Crippen molar-refractivity contribution in [2.75, 3.05) is 25.1 Å². The largest absolute Gasteiger partial charge is 0.393 e. The Morgan fingerprint density at radius 2 is 2.38 bits per heavy atom. The molecule has 0 aromatic carbocycles. The van der Waals surface area contributed by atoms with Gasteiger partial charge in [-0.2, -0.15) is 5.10 Å². The Morgan fingerprint density at radius 3 is 3.00 bits per heavy atom. The van der Waals surface area contributed by atoms with Crippen molar-refractivity contribution < 1.29 is 9.84 Å². The Morgan fingerprint density at radius 1 is 1.57 bits per heavy atom. The molecule has 1 fully saturated rings. The number of rotatable bonds is 7. The molecule has 2 atom stereocenters. The lowest BCUT2D eigenvalue weighted by molar-refractivity contribution is 0.121. The predicted molar refractivity (Wildman–Crippen MR) is 81.7 cm³/mol. The van der Waals surface area contributed by atoms with Gasteiger partial charge in [0.1, 0.15) is 0 Å². The molecule has 0 radical (unpaired) electrons. The Labute approximate surface area is 125 Å². The molecule has 21 heavy (non-hydrogen) atoms. The highest BCUT2D eigenvalue weighted by atomic mass is 16.5. The first-order chi connectivity index (χ1) is 10.1. The summed E-state index contributed by atoms with van der Waals surface area (Å²) in [5, 5.41) is 13.8. The van der Waals surface area contributed by atoms with Crippen LogP contribution in [-0.4, -0.2) is 47.3 Å². The van der Waals surface area contributed by atoms with Crippen molar-refractivity contribution in [3.63, 3.8) is 0 Å². The van der Waals surface area contributed by atoms with Crippen LogP contribution >= 0.6 is 0 Å². The zero-order valence-corrected chi connectivity index (χ0v) is 12.9. The van der Waals surface area contributed by atoms with Gasteiger partial charge in [-0.05, 0) is 25.7 Å². The van der Waals surface area contributed by atoms with E-state index >= 15 is 0 Å². The molecule has 0 amide bonds. The molecule has 1 aliphatic rings. The van der Waals surface area contributed by atoms with Crippen LogP contribution in [0.1, 0.15) is 32.6 Å². The number of aryl methyl sites for hydroxylation is 1. The molecule has 1 aromatic rings. The van der Waals surface area contributed by atoms with Crippen molar-refractivity contribution in [3.05, 3.63) is 22.6 Å². The molecule has 1 aliphatic heterocycles. The minimum atomic E-state index is -0.282. The maximum atomic E-state index is 12.1. The molecular formula is C15H25N3O3. The molecule has 1 saturated heterocycles. The van der Waals surface area contributed by atoms with Gasteiger partial charge in [0.05, 0.1) is 24.1 Å². The Hall–Kier alpha value is -1.40. The van der Waals surface area contributed by atoms with Gasteiger partial charge in [-0.25, -0.2) is 4.68 Å². The topological polar surface area (TPSA) is 67.6 Å². The summed E-state index contributed by atoms with van der Waals surface area (Å²) in [6.45, 7) is 4.21. The summed E-state index contributed by atoms with van der Waals surface area (Å²) in [6, 6.07) is 1.64. The lowest BCUT2D eigenvalue weighted by atomic mass is 10.1. The number of ether oxygens (including phenoxy) is 1. The first kappa shape index (κ1) is 16.0. The number of aliphatic hydroxyl groups is 1. The second-order valence-electron chi connectivity index (χ2n) is 5.57. The quantitative estimate of drug-likeness (QED) is 0.813. The molecule has 2 heterocycles. The third kappa shape index (κ3) is 4.28. The summed E-state index contributed by atoms with van der Waals surface area (Å²) in [6.07, 6.45) is 4.89. The molecule has 1 aromatic heterocycles. The lowest BCUT2D eigenvalue weighted by Crippen LogP contribution is -2.27. The van der Waals surface area contributed by atoms with Crippen molar-refractivity contribution >= 4 is 5.69 Å². The fourth-order valence-electron chi connectivity index (χ4n) is 2.60. The van der Waals surface area contributed by atoms with E-state index in [9.17, 15) is 9.90 Å². The van der Waals surface area contributed by atoms with E-state index in [0.29, 0.717) is 13.0 Å². The fourth-order valence-corrected chi connectivity index (χ4v) is 2.60. The van der Waals surface area contributed by atoms with Gasteiger partial charge in [-0.15, -0.1) is 0 Å². The van der Waals surface area contributed by atoms with Crippen molar-refractivity contribution in [1.82, 2.24) is 9.78 Å². The van der Waals surface area contributed by atoms with E-state index in [-0.39, 0.29) is 17.8 Å². The maximum Gasteiger partial charge on any atom is 0.268 e. The molecule has 2 unspecified atom stereocenters. The minimum Gasteiger partial charge on any atom is -0.393 e. The Kier molecular flexibility index (Phi) is 5.76. The van der Waals surface area contributed by atoms with E-state index in [2.05, 4.69) is 10.00 Å². The van der Waals surface area contributed by atoms with Crippen LogP contribution in [0.2, 0.25) is 0 Å². The van der Waals surface area contributed by atoms with Crippen LogP contribution in [0.5, 0.6) is 0 Å². The zero-order chi connectivity index (χ0) is 15.2. The van der Waals surface area contributed by atoms with Gasteiger partial charge in [0.25, 0.3) is 5.56 Å². The highest BCUT2D eigenvalue weighted by molar-refractivity contribution is 5.44. The summed E-state index contributed by atoms with van der Waals surface area (Å²) in [4.78, 5) is 14.2. The molecule has 0 aliphatic carbocycles. The highest BCUT2D eigenvalue weighted by Gasteiger charge is 2.22. The smallest absolute Gasteiger partial charge is 0.268 e. The highest BCUT2D eigenvalue weighted by Crippen LogP contribution is 2.19. The van der Waals surface area contributed by atoms with Crippen LogP contribution in [0.25, 0.3) is 0 Å². The third-order valence-corrected chi connectivity index (χ3v) is 4.08. The monoisotopic (exact) mass is 295 g/mol. The van der Waals surface area contributed by atoms with Crippen molar-refractivity contribution in [3.8, 4) is 0 Å². The summed E-state index contributed by atoms with van der Waals surface area (Å²) in [7, 11) is 1.72. The number of nitrogens with zero attached hydrogens (tertiary/aromatic N) is 3. The average molecular weight is 295 g/mol. The first-order valence-corrected chi connectivity index (χ1v) is 7.67. The first-order valence-electron chi connectivity index (χ1n) is 7.67. The van der Waals surface area contributed by atoms with Crippen LogP contribution < -0.4 is 10.5 Å². The summed E-state index contributed by atoms with van der Waals surface area (Å²) >= 11 is 0. The second-order valence-corrected chi connectivity index (χ2v) is 5.57. The van der Waals surface area contributed by atoms with Crippen LogP contribution in [-0.2, 0) is 11.3 Å².